The van der Waals surface area contributed by atoms with Gasteiger partial charge in [0.2, 0.25) is 5.88 Å². The van der Waals surface area contributed by atoms with Crippen LogP contribution >= 0.6 is 0 Å². The van der Waals surface area contributed by atoms with E-state index in [-0.39, 0.29) is 5.88 Å². The second-order valence-corrected chi connectivity index (χ2v) is 10.9. The van der Waals surface area contributed by atoms with E-state index in [4.69, 9.17) is 4.74 Å². The summed E-state index contributed by atoms with van der Waals surface area (Å²) in [5, 5.41) is 20.1. The van der Waals surface area contributed by atoms with E-state index in [1.165, 1.54) is 20.0 Å². The molecular weight excluding hydrogens is 428 g/mol. The summed E-state index contributed by atoms with van der Waals surface area (Å²) in [6, 6.07) is 15.1. The molecule has 3 aromatic rings. The van der Waals surface area contributed by atoms with E-state index in [0.717, 1.165) is 23.9 Å². The lowest BCUT2D eigenvalue weighted by atomic mass is 9.65. The Kier molecular flexibility index (Phi) is 5.47. The van der Waals surface area contributed by atoms with Crippen LogP contribution in [0.1, 0.15) is 50.4 Å². The van der Waals surface area contributed by atoms with Gasteiger partial charge in [0.05, 0.1) is 24.9 Å². The average molecular weight is 461 g/mol. The smallest absolute Gasteiger partial charge is 0.299 e. The van der Waals surface area contributed by atoms with Crippen molar-refractivity contribution in [1.82, 2.24) is 9.47 Å². The van der Waals surface area contributed by atoms with Crippen molar-refractivity contribution in [3.63, 3.8) is 0 Å². The largest absolute Gasteiger partial charge is 0.496 e. The number of methoxy groups -OCH3 is 1. The van der Waals surface area contributed by atoms with Crippen molar-refractivity contribution < 1.29 is 14.6 Å². The van der Waals surface area contributed by atoms with Crippen LogP contribution in [-0.2, 0) is 6.67 Å². The number of benzene rings is 2. The van der Waals surface area contributed by atoms with Gasteiger partial charge in [-0.3, -0.25) is 14.3 Å². The molecule has 0 unspecified atom stereocenters. The predicted octanol–water partition coefficient (Wildman–Crippen LogP) is 6.14. The lowest BCUT2D eigenvalue weighted by Crippen LogP contribution is -2.35. The maximum absolute atomic E-state index is 12.7. The monoisotopic (exact) mass is 460 g/mol. The Morgan fingerprint density at radius 2 is 1.85 bits per heavy atom. The molecule has 7 heteroatoms. The molecule has 1 saturated carbocycles. The highest BCUT2D eigenvalue weighted by molar-refractivity contribution is 5.98. The number of ether oxygens (including phenoxy) is 1. The van der Waals surface area contributed by atoms with Crippen LogP contribution in [0.25, 0.3) is 10.9 Å². The third-order valence-corrected chi connectivity index (χ3v) is 7.34. The van der Waals surface area contributed by atoms with Crippen LogP contribution in [0.2, 0.25) is 0 Å². The third-order valence-electron chi connectivity index (χ3n) is 7.34. The summed E-state index contributed by atoms with van der Waals surface area (Å²) >= 11 is 0. The molecule has 1 aliphatic carbocycles. The van der Waals surface area contributed by atoms with Crippen LogP contribution in [0, 0.1) is 10.8 Å². The normalized spacial score (nSPS) is 24.2. The van der Waals surface area contributed by atoms with Crippen molar-refractivity contribution in [3.8, 4) is 11.6 Å². The Balaban J connectivity index is 1.47. The zero-order valence-corrected chi connectivity index (χ0v) is 20.3. The molecule has 2 atom stereocenters. The minimum absolute atomic E-state index is 0.0311. The van der Waals surface area contributed by atoms with Gasteiger partial charge >= 0.3 is 0 Å². The first-order chi connectivity index (χ1) is 16.2. The van der Waals surface area contributed by atoms with Crippen molar-refractivity contribution in [3.05, 3.63) is 54.1 Å². The van der Waals surface area contributed by atoms with Crippen molar-refractivity contribution in [1.29, 1.82) is 0 Å². The Morgan fingerprint density at radius 3 is 2.65 bits per heavy atom. The molecule has 5 rings (SSSR count). The van der Waals surface area contributed by atoms with E-state index in [9.17, 15) is 9.90 Å². The summed E-state index contributed by atoms with van der Waals surface area (Å²) in [4.78, 5) is 15.2. The number of nitrogens with zero attached hydrogens (tertiary/aromatic N) is 4. The maximum atomic E-state index is 12.7. The van der Waals surface area contributed by atoms with E-state index in [1.54, 1.807) is 24.3 Å². The number of amides is 1. The lowest BCUT2D eigenvalue weighted by molar-refractivity contribution is 0.0992. The van der Waals surface area contributed by atoms with Crippen molar-refractivity contribution in [2.24, 2.45) is 21.1 Å². The first-order valence-corrected chi connectivity index (χ1v) is 11.8. The Morgan fingerprint density at radius 1 is 1.12 bits per heavy atom. The molecule has 0 spiro atoms. The fraction of sp³-hybridized carbons (Fsp3) is 0.444. The SMILES string of the molecule is COc1ccccc1C(=O)N=Nc1c(O)n(CN2C[C@@]3(C)C[C@H]2CC(C)(C)C3)c2ccccc12. The fourth-order valence-corrected chi connectivity index (χ4v) is 6.41. The zero-order valence-electron chi connectivity index (χ0n) is 20.3. The number of azo groups is 1. The van der Waals surface area contributed by atoms with Crippen molar-refractivity contribution >= 4 is 22.5 Å². The molecular formula is C27H32N4O3. The molecule has 1 saturated heterocycles. The van der Waals surface area contributed by atoms with Crippen LogP contribution in [0.3, 0.4) is 0 Å². The van der Waals surface area contributed by atoms with Crippen LogP contribution < -0.4 is 4.74 Å². The van der Waals surface area contributed by atoms with Gasteiger partial charge in [0, 0.05) is 18.0 Å². The van der Waals surface area contributed by atoms with Crippen LogP contribution in [-0.4, -0.2) is 40.2 Å². The molecule has 1 aromatic heterocycles. The number of hydrogen-bond acceptors (Lipinski definition) is 5. The number of aromatic nitrogens is 1. The van der Waals surface area contributed by atoms with E-state index in [0.29, 0.717) is 40.5 Å². The number of carbonyl (C=O) groups is 1. The summed E-state index contributed by atoms with van der Waals surface area (Å²) in [6.45, 7) is 8.70. The molecule has 2 fully saturated rings. The standard InChI is InChI=1S/C27H32N4O3/c1-26(2)13-18-14-27(3,15-26)16-30(18)17-31-21-11-7-5-9-19(21)23(25(31)33)28-29-24(32)20-10-6-8-12-22(20)34-4/h5-12,18,33H,13-17H2,1-4H3/t18-,27+/m1/s1. The summed E-state index contributed by atoms with van der Waals surface area (Å²) in [6.07, 6.45) is 3.56. The summed E-state index contributed by atoms with van der Waals surface area (Å²) < 4.78 is 7.16. The van der Waals surface area contributed by atoms with E-state index < -0.39 is 5.91 Å². The minimum atomic E-state index is -0.517. The van der Waals surface area contributed by atoms with Gasteiger partial charge in [0.1, 0.15) is 5.75 Å². The highest BCUT2D eigenvalue weighted by Crippen LogP contribution is 2.53. The van der Waals surface area contributed by atoms with E-state index in [1.807, 2.05) is 28.8 Å². The molecule has 34 heavy (non-hydrogen) atoms. The number of hydrogen-bond donors (Lipinski definition) is 1. The fourth-order valence-electron chi connectivity index (χ4n) is 6.41. The van der Waals surface area contributed by atoms with Gasteiger partial charge in [-0.1, -0.05) is 51.1 Å². The van der Waals surface area contributed by atoms with Gasteiger partial charge in [-0.05, 0) is 48.3 Å². The Bertz CT molecular complexity index is 1280. The van der Waals surface area contributed by atoms with Crippen LogP contribution in [0.15, 0.2) is 58.8 Å². The molecule has 178 valence electrons. The second-order valence-electron chi connectivity index (χ2n) is 10.9. The highest BCUT2D eigenvalue weighted by atomic mass is 16.5. The second kappa shape index (κ2) is 8.24. The highest BCUT2D eigenvalue weighted by Gasteiger charge is 2.49. The topological polar surface area (TPSA) is 79.4 Å². The summed E-state index contributed by atoms with van der Waals surface area (Å²) in [5.74, 6) is -0.0458. The lowest BCUT2D eigenvalue weighted by Gasteiger charge is -2.40. The summed E-state index contributed by atoms with van der Waals surface area (Å²) in [5.41, 5.74) is 2.15. The molecule has 1 N–H and O–H groups in total. The zero-order chi connectivity index (χ0) is 24.1. The van der Waals surface area contributed by atoms with Gasteiger partial charge in [-0.2, -0.15) is 0 Å². The molecule has 2 aromatic carbocycles. The average Bonchev–Trinajstić information content (AvgIpc) is 3.20. The molecule has 2 bridgehead atoms. The molecule has 2 aliphatic rings. The number of rotatable bonds is 5. The number of fused-ring (bicyclic) bond motifs is 3. The Hall–Kier alpha value is -3.19. The maximum Gasteiger partial charge on any atom is 0.299 e. The van der Waals surface area contributed by atoms with Gasteiger partial charge in [-0.25, -0.2) is 0 Å². The molecule has 1 aliphatic heterocycles. The number of likely N-dealkylation sites (tertiary alicyclic amines) is 1. The minimum Gasteiger partial charge on any atom is -0.496 e. The molecule has 1 amide bonds. The third kappa shape index (κ3) is 3.98. The Labute approximate surface area is 200 Å². The van der Waals surface area contributed by atoms with Crippen LogP contribution in [0.5, 0.6) is 11.6 Å². The molecule has 2 heterocycles. The van der Waals surface area contributed by atoms with Gasteiger partial charge in [0.15, 0.2) is 5.69 Å². The van der Waals surface area contributed by atoms with Gasteiger partial charge in [0.25, 0.3) is 5.91 Å². The van der Waals surface area contributed by atoms with Crippen molar-refractivity contribution in [2.75, 3.05) is 13.7 Å². The van der Waals surface area contributed by atoms with Gasteiger partial charge < -0.3 is 9.84 Å². The number of carbonyl (C=O) groups excluding carboxylic acids is 1. The number of aromatic hydroxyl groups is 1. The number of para-hydroxylation sites is 2. The first kappa shape index (κ1) is 22.6. The molecule has 7 nitrogen and oxygen atoms in total. The predicted molar refractivity (Wildman–Crippen MR) is 132 cm³/mol. The quantitative estimate of drug-likeness (QED) is 0.464. The van der Waals surface area contributed by atoms with E-state index in [2.05, 4.69) is 35.9 Å². The van der Waals surface area contributed by atoms with E-state index >= 15 is 0 Å². The van der Waals surface area contributed by atoms with Crippen molar-refractivity contribution in [2.45, 2.75) is 52.7 Å². The van der Waals surface area contributed by atoms with Crippen LogP contribution in [0.4, 0.5) is 5.69 Å². The first-order valence-electron chi connectivity index (χ1n) is 11.8. The molecule has 0 radical (unpaired) electrons. The van der Waals surface area contributed by atoms with Gasteiger partial charge in [-0.15, -0.1) is 10.2 Å². The summed E-state index contributed by atoms with van der Waals surface area (Å²) in [7, 11) is 1.51.